The highest BCUT2D eigenvalue weighted by Crippen LogP contribution is 2.38. The number of rotatable bonds is 5. The third-order valence-corrected chi connectivity index (χ3v) is 4.86. The molecule has 3 rings (SSSR count). The van der Waals surface area contributed by atoms with Crippen LogP contribution in [0.15, 0.2) is 24.3 Å². The van der Waals surface area contributed by atoms with Gasteiger partial charge in [0, 0.05) is 6.04 Å². The Bertz CT molecular complexity index is 400. The summed E-state index contributed by atoms with van der Waals surface area (Å²) in [6.45, 7) is 4.03. The van der Waals surface area contributed by atoms with Gasteiger partial charge in [-0.15, -0.1) is 0 Å². The van der Waals surface area contributed by atoms with Gasteiger partial charge < -0.3 is 10.1 Å². The molecule has 1 aromatic rings. The lowest BCUT2D eigenvalue weighted by atomic mass is 9.90. The van der Waals surface area contributed by atoms with Crippen molar-refractivity contribution < 1.29 is 4.74 Å². The van der Waals surface area contributed by atoms with Crippen molar-refractivity contribution in [1.82, 2.24) is 5.32 Å². The standard InChI is InChI=1S/C17H25NO/c1-2-19-15-9-6-13(7-10-15)8-11-17-16-5-3-4-14(16)12-18-17/h6-7,9-10,14,16-18H,2-5,8,11-12H2,1H3. The topological polar surface area (TPSA) is 21.3 Å². The molecule has 2 heteroatoms. The van der Waals surface area contributed by atoms with Gasteiger partial charge in [0.2, 0.25) is 0 Å². The number of aryl methyl sites for hydroxylation is 1. The molecule has 2 fully saturated rings. The van der Waals surface area contributed by atoms with E-state index >= 15 is 0 Å². The van der Waals surface area contributed by atoms with E-state index in [0.717, 1.165) is 30.2 Å². The number of hydrogen-bond donors (Lipinski definition) is 1. The van der Waals surface area contributed by atoms with Gasteiger partial charge in [-0.25, -0.2) is 0 Å². The Hall–Kier alpha value is -1.02. The van der Waals surface area contributed by atoms with Crippen molar-refractivity contribution in [1.29, 1.82) is 0 Å². The van der Waals surface area contributed by atoms with Crippen molar-refractivity contribution in [3.8, 4) is 5.75 Å². The molecule has 104 valence electrons. The molecule has 1 saturated carbocycles. The second kappa shape index (κ2) is 5.96. The first-order valence-electron chi connectivity index (χ1n) is 7.82. The summed E-state index contributed by atoms with van der Waals surface area (Å²) in [5.41, 5.74) is 1.44. The third-order valence-electron chi connectivity index (χ3n) is 4.86. The van der Waals surface area contributed by atoms with Gasteiger partial charge >= 0.3 is 0 Å². The van der Waals surface area contributed by atoms with Gasteiger partial charge in [0.1, 0.15) is 5.75 Å². The highest BCUT2D eigenvalue weighted by atomic mass is 16.5. The molecule has 0 amide bonds. The molecule has 0 aromatic heterocycles. The maximum Gasteiger partial charge on any atom is 0.119 e. The molecule has 1 aliphatic carbocycles. The second-order valence-electron chi connectivity index (χ2n) is 5.99. The Labute approximate surface area is 116 Å². The zero-order valence-corrected chi connectivity index (χ0v) is 11.9. The first kappa shape index (κ1) is 13.0. The Balaban J connectivity index is 1.51. The van der Waals surface area contributed by atoms with Crippen molar-refractivity contribution in [2.75, 3.05) is 13.2 Å². The zero-order valence-electron chi connectivity index (χ0n) is 11.9. The van der Waals surface area contributed by atoms with Gasteiger partial charge in [-0.3, -0.25) is 0 Å². The largest absolute Gasteiger partial charge is 0.494 e. The molecule has 2 aliphatic rings. The predicted octanol–water partition coefficient (Wildman–Crippen LogP) is 3.41. The molecule has 2 nitrogen and oxygen atoms in total. The van der Waals surface area contributed by atoms with Crippen LogP contribution in [0.2, 0.25) is 0 Å². The van der Waals surface area contributed by atoms with Gasteiger partial charge in [0.05, 0.1) is 6.61 Å². The molecule has 0 spiro atoms. The lowest BCUT2D eigenvalue weighted by Gasteiger charge is -2.18. The van der Waals surface area contributed by atoms with Crippen molar-refractivity contribution in [3.05, 3.63) is 29.8 Å². The van der Waals surface area contributed by atoms with E-state index in [1.54, 1.807) is 0 Å². The van der Waals surface area contributed by atoms with Gasteiger partial charge in [-0.2, -0.15) is 0 Å². The summed E-state index contributed by atoms with van der Waals surface area (Å²) < 4.78 is 5.48. The maximum atomic E-state index is 5.48. The quantitative estimate of drug-likeness (QED) is 0.875. The van der Waals surface area contributed by atoms with Crippen molar-refractivity contribution in [3.63, 3.8) is 0 Å². The first-order chi connectivity index (χ1) is 9.36. The monoisotopic (exact) mass is 259 g/mol. The minimum atomic E-state index is 0.744. The number of ether oxygens (including phenoxy) is 1. The van der Waals surface area contributed by atoms with Gasteiger partial charge in [-0.1, -0.05) is 18.6 Å². The lowest BCUT2D eigenvalue weighted by molar-refractivity contribution is 0.340. The molecular weight excluding hydrogens is 234 g/mol. The maximum absolute atomic E-state index is 5.48. The van der Waals surface area contributed by atoms with E-state index in [4.69, 9.17) is 4.74 Å². The Morgan fingerprint density at radius 3 is 2.84 bits per heavy atom. The van der Waals surface area contributed by atoms with E-state index in [9.17, 15) is 0 Å². The van der Waals surface area contributed by atoms with Crippen molar-refractivity contribution >= 4 is 0 Å². The van der Waals surface area contributed by atoms with Crippen LogP contribution in [0, 0.1) is 11.8 Å². The molecule has 0 radical (unpaired) electrons. The fourth-order valence-corrected chi connectivity index (χ4v) is 3.86. The molecule has 0 bridgehead atoms. The molecule has 1 N–H and O–H groups in total. The summed E-state index contributed by atoms with van der Waals surface area (Å²) in [5.74, 6) is 2.93. The lowest BCUT2D eigenvalue weighted by Crippen LogP contribution is -2.27. The summed E-state index contributed by atoms with van der Waals surface area (Å²) >= 11 is 0. The van der Waals surface area contributed by atoms with E-state index in [-0.39, 0.29) is 0 Å². The molecule has 3 unspecified atom stereocenters. The third kappa shape index (κ3) is 2.94. The number of hydrogen-bond acceptors (Lipinski definition) is 2. The Morgan fingerprint density at radius 2 is 2.05 bits per heavy atom. The average molecular weight is 259 g/mol. The van der Waals surface area contributed by atoms with E-state index in [1.165, 1.54) is 44.2 Å². The second-order valence-corrected chi connectivity index (χ2v) is 5.99. The van der Waals surface area contributed by atoms with Gasteiger partial charge in [0.15, 0.2) is 0 Å². The minimum Gasteiger partial charge on any atom is -0.494 e. The molecule has 19 heavy (non-hydrogen) atoms. The van der Waals surface area contributed by atoms with E-state index in [1.807, 2.05) is 6.92 Å². The van der Waals surface area contributed by atoms with Crippen LogP contribution in [0.5, 0.6) is 5.75 Å². The summed E-state index contributed by atoms with van der Waals surface area (Å²) in [6, 6.07) is 9.38. The number of benzene rings is 1. The van der Waals surface area contributed by atoms with Crippen LogP contribution in [-0.4, -0.2) is 19.2 Å². The number of fused-ring (bicyclic) bond motifs is 1. The highest BCUT2D eigenvalue weighted by Gasteiger charge is 2.38. The molecule has 1 saturated heterocycles. The van der Waals surface area contributed by atoms with Gasteiger partial charge in [-0.05, 0) is 68.7 Å². The molecule has 3 atom stereocenters. The Morgan fingerprint density at radius 1 is 1.21 bits per heavy atom. The summed E-state index contributed by atoms with van der Waals surface area (Å²) in [6.07, 6.45) is 6.84. The molecule has 1 aromatic carbocycles. The van der Waals surface area contributed by atoms with Crippen molar-refractivity contribution in [2.45, 2.75) is 45.1 Å². The van der Waals surface area contributed by atoms with Crippen LogP contribution in [0.4, 0.5) is 0 Å². The fraction of sp³-hybridized carbons (Fsp3) is 0.647. The molecular formula is C17H25NO. The van der Waals surface area contributed by atoms with Crippen LogP contribution >= 0.6 is 0 Å². The smallest absolute Gasteiger partial charge is 0.119 e. The predicted molar refractivity (Wildman–Crippen MR) is 78.6 cm³/mol. The van der Waals surface area contributed by atoms with E-state index < -0.39 is 0 Å². The van der Waals surface area contributed by atoms with Gasteiger partial charge in [0.25, 0.3) is 0 Å². The SMILES string of the molecule is CCOc1ccc(CCC2NCC3CCCC32)cc1. The zero-order chi connectivity index (χ0) is 13.1. The van der Waals surface area contributed by atoms with E-state index in [0.29, 0.717) is 0 Å². The van der Waals surface area contributed by atoms with Crippen LogP contribution in [0.25, 0.3) is 0 Å². The van der Waals surface area contributed by atoms with Crippen LogP contribution in [-0.2, 0) is 6.42 Å². The summed E-state index contributed by atoms with van der Waals surface area (Å²) in [5, 5.41) is 3.74. The normalized spacial score (nSPS) is 29.4. The van der Waals surface area contributed by atoms with Crippen LogP contribution in [0.3, 0.4) is 0 Å². The molecule has 1 heterocycles. The number of nitrogens with one attached hydrogen (secondary N) is 1. The fourth-order valence-electron chi connectivity index (χ4n) is 3.86. The first-order valence-corrected chi connectivity index (χ1v) is 7.82. The van der Waals surface area contributed by atoms with Crippen molar-refractivity contribution in [2.24, 2.45) is 11.8 Å². The van der Waals surface area contributed by atoms with Crippen LogP contribution in [0.1, 0.15) is 38.2 Å². The summed E-state index contributed by atoms with van der Waals surface area (Å²) in [4.78, 5) is 0. The van der Waals surface area contributed by atoms with Crippen LogP contribution < -0.4 is 10.1 Å². The highest BCUT2D eigenvalue weighted by molar-refractivity contribution is 5.27. The average Bonchev–Trinajstić information content (AvgIpc) is 3.02. The molecule has 1 aliphatic heterocycles. The summed E-state index contributed by atoms with van der Waals surface area (Å²) in [7, 11) is 0. The van der Waals surface area contributed by atoms with E-state index in [2.05, 4.69) is 29.6 Å². The minimum absolute atomic E-state index is 0.744. The Kier molecular flexibility index (Phi) is 4.07.